The van der Waals surface area contributed by atoms with Crippen LogP contribution in [0, 0.1) is 11.8 Å². The number of hydrogen-bond acceptors (Lipinski definition) is 6. The minimum absolute atomic E-state index is 0.144. The monoisotopic (exact) mass is 406 g/mol. The van der Waals surface area contributed by atoms with E-state index >= 15 is 0 Å². The summed E-state index contributed by atoms with van der Waals surface area (Å²) in [6.45, 7) is 3.41. The van der Waals surface area contributed by atoms with Gasteiger partial charge in [0.1, 0.15) is 5.82 Å². The number of carbonyl (C=O) groups is 2. The molecule has 1 aromatic heterocycles. The van der Waals surface area contributed by atoms with Gasteiger partial charge in [-0.3, -0.25) is 9.59 Å². The Morgan fingerprint density at radius 3 is 2.29 bits per heavy atom. The number of carbonyl (C=O) groups excluding carboxylic acids is 2. The SMILES string of the molecule is CC1(NC(=O)C2CC2)CCN(c2cccc(S(=O)(=O)NC(=O)C3CC3)n2)CC1. The van der Waals surface area contributed by atoms with Crippen molar-refractivity contribution in [3.05, 3.63) is 18.2 Å². The molecule has 2 N–H and O–H groups in total. The Kier molecular flexibility index (Phi) is 4.81. The molecule has 152 valence electrons. The molecule has 2 aliphatic carbocycles. The van der Waals surface area contributed by atoms with Crippen LogP contribution >= 0.6 is 0 Å². The number of hydrogen-bond donors (Lipinski definition) is 2. The predicted octanol–water partition coefficient (Wildman–Crippen LogP) is 1.18. The van der Waals surface area contributed by atoms with Crippen molar-refractivity contribution in [2.75, 3.05) is 18.0 Å². The number of amides is 2. The maximum Gasteiger partial charge on any atom is 0.281 e. The van der Waals surface area contributed by atoms with Crippen LogP contribution in [0.3, 0.4) is 0 Å². The summed E-state index contributed by atoms with van der Waals surface area (Å²) in [4.78, 5) is 30.2. The molecule has 28 heavy (non-hydrogen) atoms. The molecule has 1 aliphatic heterocycles. The van der Waals surface area contributed by atoms with Gasteiger partial charge in [0.25, 0.3) is 10.0 Å². The summed E-state index contributed by atoms with van der Waals surface area (Å²) < 4.78 is 27.0. The fourth-order valence-electron chi connectivity index (χ4n) is 3.44. The molecule has 1 aromatic rings. The summed E-state index contributed by atoms with van der Waals surface area (Å²) in [5, 5.41) is 3.03. The van der Waals surface area contributed by atoms with Crippen LogP contribution in [0.25, 0.3) is 0 Å². The Morgan fingerprint density at radius 1 is 1.07 bits per heavy atom. The zero-order chi connectivity index (χ0) is 19.9. The third-order valence-electron chi connectivity index (χ3n) is 5.73. The lowest BCUT2D eigenvalue weighted by atomic mass is 9.89. The highest BCUT2D eigenvalue weighted by Gasteiger charge is 2.37. The van der Waals surface area contributed by atoms with Crippen LogP contribution in [0.1, 0.15) is 45.4 Å². The molecule has 3 fully saturated rings. The Balaban J connectivity index is 1.40. The molecule has 0 aromatic carbocycles. The minimum Gasteiger partial charge on any atom is -0.356 e. The van der Waals surface area contributed by atoms with Gasteiger partial charge in [0, 0.05) is 30.5 Å². The van der Waals surface area contributed by atoms with Crippen molar-refractivity contribution in [1.29, 1.82) is 0 Å². The van der Waals surface area contributed by atoms with Crippen LogP contribution in [0.2, 0.25) is 0 Å². The highest BCUT2D eigenvalue weighted by atomic mass is 32.2. The Morgan fingerprint density at radius 2 is 1.68 bits per heavy atom. The summed E-state index contributed by atoms with van der Waals surface area (Å²) in [6.07, 6.45) is 4.97. The number of nitrogens with zero attached hydrogens (tertiary/aromatic N) is 2. The third-order valence-corrected chi connectivity index (χ3v) is 6.98. The lowest BCUT2D eigenvalue weighted by molar-refractivity contribution is -0.124. The van der Waals surface area contributed by atoms with Crippen molar-refractivity contribution < 1.29 is 18.0 Å². The van der Waals surface area contributed by atoms with Crippen LogP contribution in [-0.4, -0.2) is 43.8 Å². The summed E-state index contributed by atoms with van der Waals surface area (Å²) in [7, 11) is -3.96. The topological polar surface area (TPSA) is 108 Å². The molecule has 0 radical (unpaired) electrons. The van der Waals surface area contributed by atoms with Gasteiger partial charge in [0.2, 0.25) is 11.8 Å². The van der Waals surface area contributed by atoms with Gasteiger partial charge in [-0.15, -0.1) is 0 Å². The second-order valence-corrected chi connectivity index (χ2v) is 10.0. The second-order valence-electron chi connectivity index (χ2n) is 8.39. The highest BCUT2D eigenvalue weighted by Crippen LogP contribution is 2.32. The number of sulfonamides is 1. The van der Waals surface area contributed by atoms with Gasteiger partial charge in [-0.2, -0.15) is 8.42 Å². The first-order valence-electron chi connectivity index (χ1n) is 9.86. The number of rotatable bonds is 6. The Hall–Kier alpha value is -2.16. The molecule has 9 heteroatoms. The van der Waals surface area contributed by atoms with E-state index in [0.29, 0.717) is 18.9 Å². The molecule has 0 unspecified atom stereocenters. The van der Waals surface area contributed by atoms with E-state index < -0.39 is 15.9 Å². The molecule has 3 aliphatic rings. The van der Waals surface area contributed by atoms with E-state index in [-0.39, 0.29) is 28.3 Å². The van der Waals surface area contributed by atoms with E-state index in [2.05, 4.69) is 21.9 Å². The normalized spacial score (nSPS) is 21.8. The Labute approximate surface area is 165 Å². The van der Waals surface area contributed by atoms with Crippen molar-refractivity contribution in [2.45, 2.75) is 56.0 Å². The molecule has 0 atom stereocenters. The first kappa shape index (κ1) is 19.2. The number of nitrogens with one attached hydrogen (secondary N) is 2. The number of aromatic nitrogens is 1. The molecule has 1 saturated heterocycles. The zero-order valence-corrected chi connectivity index (χ0v) is 16.8. The second kappa shape index (κ2) is 7.02. The minimum atomic E-state index is -3.96. The van der Waals surface area contributed by atoms with Crippen LogP contribution in [0.15, 0.2) is 23.2 Å². The molecular weight excluding hydrogens is 380 g/mol. The van der Waals surface area contributed by atoms with Crippen LogP contribution in [0.5, 0.6) is 0 Å². The van der Waals surface area contributed by atoms with Gasteiger partial charge in [-0.25, -0.2) is 9.71 Å². The summed E-state index contributed by atoms with van der Waals surface area (Å²) in [5.74, 6) is 0.256. The van der Waals surface area contributed by atoms with E-state index in [1.54, 1.807) is 12.1 Å². The average molecular weight is 407 g/mol. The van der Waals surface area contributed by atoms with Gasteiger partial charge in [-0.1, -0.05) is 6.07 Å². The van der Waals surface area contributed by atoms with Crippen LogP contribution < -0.4 is 14.9 Å². The largest absolute Gasteiger partial charge is 0.356 e. The molecule has 2 saturated carbocycles. The van der Waals surface area contributed by atoms with Crippen molar-refractivity contribution in [3.8, 4) is 0 Å². The first-order chi connectivity index (χ1) is 13.3. The van der Waals surface area contributed by atoms with Gasteiger partial charge in [0.15, 0.2) is 5.03 Å². The van der Waals surface area contributed by atoms with Crippen molar-refractivity contribution in [2.24, 2.45) is 11.8 Å². The quantitative estimate of drug-likeness (QED) is 0.734. The smallest absolute Gasteiger partial charge is 0.281 e. The molecule has 8 nitrogen and oxygen atoms in total. The van der Waals surface area contributed by atoms with Crippen molar-refractivity contribution in [1.82, 2.24) is 15.0 Å². The summed E-state index contributed by atoms with van der Waals surface area (Å²) in [5.41, 5.74) is -0.238. The highest BCUT2D eigenvalue weighted by molar-refractivity contribution is 7.90. The van der Waals surface area contributed by atoms with Crippen LogP contribution in [0.4, 0.5) is 5.82 Å². The lowest BCUT2D eigenvalue weighted by Gasteiger charge is -2.40. The maximum atomic E-state index is 12.4. The summed E-state index contributed by atoms with van der Waals surface area (Å²) >= 11 is 0. The van der Waals surface area contributed by atoms with Gasteiger partial charge in [0.05, 0.1) is 0 Å². The van der Waals surface area contributed by atoms with Gasteiger partial charge < -0.3 is 10.2 Å². The molecular formula is C19H26N4O4S. The molecule has 4 rings (SSSR count). The van der Waals surface area contributed by atoms with E-state index in [0.717, 1.165) is 38.5 Å². The van der Waals surface area contributed by atoms with Crippen molar-refractivity contribution >= 4 is 27.7 Å². The van der Waals surface area contributed by atoms with Crippen molar-refractivity contribution in [3.63, 3.8) is 0 Å². The van der Waals surface area contributed by atoms with E-state index in [1.165, 1.54) is 6.07 Å². The standard InChI is InChI=1S/C19H26N4O4S/c1-19(21-17(24)13-5-6-13)9-11-23(12-10-19)15-3-2-4-16(20-15)28(26,27)22-18(25)14-7-8-14/h2-4,13-14H,5-12H2,1H3,(H,21,24)(H,22,25). The van der Waals surface area contributed by atoms with Gasteiger partial charge >= 0.3 is 0 Å². The van der Waals surface area contributed by atoms with Gasteiger partial charge in [-0.05, 0) is 57.6 Å². The Bertz CT molecular complexity index is 885. The number of pyridine rings is 1. The summed E-state index contributed by atoms with van der Waals surface area (Å²) in [6, 6.07) is 4.81. The molecule has 2 heterocycles. The molecule has 2 amide bonds. The van der Waals surface area contributed by atoms with E-state index in [9.17, 15) is 18.0 Å². The number of anilines is 1. The zero-order valence-electron chi connectivity index (χ0n) is 16.0. The average Bonchev–Trinajstić information content (AvgIpc) is 3.54. The van der Waals surface area contributed by atoms with E-state index in [4.69, 9.17) is 0 Å². The third kappa shape index (κ3) is 4.29. The predicted molar refractivity (Wildman–Crippen MR) is 103 cm³/mol. The molecule has 0 bridgehead atoms. The molecule has 0 spiro atoms. The lowest BCUT2D eigenvalue weighted by Crippen LogP contribution is -2.54. The first-order valence-corrected chi connectivity index (χ1v) is 11.3. The number of piperidine rings is 1. The fraction of sp³-hybridized carbons (Fsp3) is 0.632. The van der Waals surface area contributed by atoms with Crippen LogP contribution in [-0.2, 0) is 19.6 Å². The maximum absolute atomic E-state index is 12.4. The fourth-order valence-corrected chi connectivity index (χ4v) is 4.45. The van der Waals surface area contributed by atoms with E-state index in [1.807, 2.05) is 4.90 Å².